The molecule has 2 aromatic carbocycles. The van der Waals surface area contributed by atoms with Gasteiger partial charge in [0.05, 0.1) is 6.54 Å². The molecule has 4 aromatic rings. The monoisotopic (exact) mass is 488 g/mol. The summed E-state index contributed by atoms with van der Waals surface area (Å²) in [6.07, 6.45) is 0. The summed E-state index contributed by atoms with van der Waals surface area (Å²) >= 11 is 0. The number of carbonyl (C=O) groups excluding carboxylic acids is 2. The Kier molecular flexibility index (Phi) is 7.50. The first-order valence-electron chi connectivity index (χ1n) is 11.4. The second kappa shape index (κ2) is 10.9. The van der Waals surface area contributed by atoms with Crippen molar-refractivity contribution >= 4 is 23.2 Å². The summed E-state index contributed by atoms with van der Waals surface area (Å²) in [4.78, 5) is 31.5. The quantitative estimate of drug-likeness (QED) is 0.353. The fraction of sp³-hybridized carbons (Fsp3) is 0.222. The van der Waals surface area contributed by atoms with E-state index in [1.165, 1.54) is 0 Å². The predicted molar refractivity (Wildman–Crippen MR) is 136 cm³/mol. The first kappa shape index (κ1) is 24.7. The second-order valence-corrected chi connectivity index (χ2v) is 8.38. The van der Waals surface area contributed by atoms with Gasteiger partial charge in [0.1, 0.15) is 23.8 Å². The number of aromatic nitrogens is 1. The Morgan fingerprint density at radius 1 is 1.00 bits per heavy atom. The van der Waals surface area contributed by atoms with E-state index >= 15 is 0 Å². The number of furan rings is 1. The smallest absolute Gasteiger partial charge is 0.291 e. The van der Waals surface area contributed by atoms with Gasteiger partial charge < -0.3 is 29.1 Å². The van der Waals surface area contributed by atoms with Gasteiger partial charge in [-0.25, -0.2) is 4.98 Å². The van der Waals surface area contributed by atoms with Crippen molar-refractivity contribution in [3.63, 3.8) is 0 Å². The molecular formula is C27H28N4O5. The van der Waals surface area contributed by atoms with Crippen LogP contribution in [0.15, 0.2) is 69.5 Å². The van der Waals surface area contributed by atoms with E-state index in [1.54, 1.807) is 56.5 Å². The molecule has 2 heterocycles. The normalized spacial score (nSPS) is 10.8. The average Bonchev–Trinajstić information content (AvgIpc) is 3.50. The molecule has 0 aliphatic heterocycles. The van der Waals surface area contributed by atoms with Crippen molar-refractivity contribution in [2.24, 2.45) is 0 Å². The molecule has 36 heavy (non-hydrogen) atoms. The van der Waals surface area contributed by atoms with Crippen LogP contribution in [0.4, 0.5) is 11.4 Å². The number of methoxy groups -OCH3 is 1. The highest BCUT2D eigenvalue weighted by Gasteiger charge is 2.15. The molecule has 2 amide bonds. The summed E-state index contributed by atoms with van der Waals surface area (Å²) in [6, 6.07) is 17.8. The van der Waals surface area contributed by atoms with E-state index in [1.807, 2.05) is 37.2 Å². The number of nitrogens with one attached hydrogen (secondary N) is 2. The van der Waals surface area contributed by atoms with Gasteiger partial charge in [-0.3, -0.25) is 9.59 Å². The molecule has 0 fully saturated rings. The van der Waals surface area contributed by atoms with Gasteiger partial charge in [0.25, 0.3) is 11.8 Å². The van der Waals surface area contributed by atoms with E-state index < -0.39 is 0 Å². The van der Waals surface area contributed by atoms with Crippen molar-refractivity contribution in [2.45, 2.75) is 20.1 Å². The maximum absolute atomic E-state index is 12.6. The maximum Gasteiger partial charge on any atom is 0.291 e. The highest BCUT2D eigenvalue weighted by atomic mass is 16.5. The fourth-order valence-corrected chi connectivity index (χ4v) is 3.52. The molecule has 0 bridgehead atoms. The maximum atomic E-state index is 12.6. The number of amides is 2. The van der Waals surface area contributed by atoms with Crippen LogP contribution in [0.3, 0.4) is 0 Å². The van der Waals surface area contributed by atoms with Crippen LogP contribution in [0.5, 0.6) is 0 Å². The van der Waals surface area contributed by atoms with Crippen LogP contribution < -0.4 is 15.5 Å². The van der Waals surface area contributed by atoms with Crippen molar-refractivity contribution in [1.82, 2.24) is 10.3 Å². The van der Waals surface area contributed by atoms with Gasteiger partial charge in [-0.2, -0.15) is 0 Å². The number of benzene rings is 2. The van der Waals surface area contributed by atoms with Crippen LogP contribution in [-0.4, -0.2) is 38.0 Å². The summed E-state index contributed by atoms with van der Waals surface area (Å²) in [5.41, 5.74) is 3.51. The van der Waals surface area contributed by atoms with Crippen LogP contribution in [0.1, 0.15) is 38.1 Å². The van der Waals surface area contributed by atoms with Gasteiger partial charge in [-0.05, 0) is 61.5 Å². The molecule has 0 saturated heterocycles. The molecule has 0 aliphatic rings. The Morgan fingerprint density at radius 2 is 1.78 bits per heavy atom. The summed E-state index contributed by atoms with van der Waals surface area (Å²) in [5, 5.41) is 5.69. The minimum Gasteiger partial charge on any atom is -0.453 e. The second-order valence-electron chi connectivity index (χ2n) is 8.38. The van der Waals surface area contributed by atoms with Gasteiger partial charge in [0.2, 0.25) is 5.89 Å². The Hall–Kier alpha value is -4.37. The standard InChI is InChI=1S/C27H28N4O5/c1-17-23(15-28-25(32)19-6-5-7-21(14-19)31(2)3)30-27(35-17)18-8-10-20(11-9-18)29-26(33)24-13-12-22(36-24)16-34-4/h5-14H,15-16H2,1-4H3,(H,28,32)(H,29,33). The van der Waals surface area contributed by atoms with Crippen molar-refractivity contribution in [2.75, 3.05) is 31.4 Å². The van der Waals surface area contributed by atoms with Gasteiger partial charge in [0, 0.05) is 43.7 Å². The van der Waals surface area contributed by atoms with Crippen LogP contribution in [0.25, 0.3) is 11.5 Å². The fourth-order valence-electron chi connectivity index (χ4n) is 3.52. The Bertz CT molecular complexity index is 1350. The van der Waals surface area contributed by atoms with Crippen LogP contribution in [-0.2, 0) is 17.9 Å². The van der Waals surface area contributed by atoms with E-state index in [0.717, 1.165) is 11.3 Å². The number of rotatable bonds is 9. The zero-order chi connectivity index (χ0) is 25.7. The van der Waals surface area contributed by atoms with Crippen LogP contribution >= 0.6 is 0 Å². The molecule has 9 heteroatoms. The molecular weight excluding hydrogens is 460 g/mol. The van der Waals surface area contributed by atoms with E-state index in [9.17, 15) is 9.59 Å². The molecule has 4 rings (SSSR count). The van der Waals surface area contributed by atoms with Crippen molar-refractivity contribution in [3.8, 4) is 11.5 Å². The number of carbonyl (C=O) groups is 2. The SMILES string of the molecule is COCc1ccc(C(=O)Nc2ccc(-c3nc(CNC(=O)c4cccc(N(C)C)c4)c(C)o3)cc2)o1. The zero-order valence-corrected chi connectivity index (χ0v) is 20.6. The van der Waals surface area contributed by atoms with Gasteiger partial charge in [0.15, 0.2) is 5.76 Å². The lowest BCUT2D eigenvalue weighted by Gasteiger charge is -2.13. The third kappa shape index (κ3) is 5.81. The van der Waals surface area contributed by atoms with Gasteiger partial charge in [-0.15, -0.1) is 0 Å². The molecule has 0 spiro atoms. The number of ether oxygens (including phenoxy) is 1. The van der Waals surface area contributed by atoms with E-state index in [-0.39, 0.29) is 24.1 Å². The third-order valence-corrected chi connectivity index (χ3v) is 5.50. The van der Waals surface area contributed by atoms with Crippen molar-refractivity contribution in [1.29, 1.82) is 0 Å². The Labute approximate surface area is 209 Å². The highest BCUT2D eigenvalue weighted by molar-refractivity contribution is 6.02. The molecule has 9 nitrogen and oxygen atoms in total. The average molecular weight is 489 g/mol. The third-order valence-electron chi connectivity index (χ3n) is 5.50. The minimum absolute atomic E-state index is 0.186. The number of oxazole rings is 1. The number of aryl methyl sites for hydroxylation is 1. The predicted octanol–water partition coefficient (Wildman–Crippen LogP) is 4.64. The Balaban J connectivity index is 1.38. The number of hydrogen-bond donors (Lipinski definition) is 2. The lowest BCUT2D eigenvalue weighted by atomic mass is 10.2. The van der Waals surface area contributed by atoms with E-state index in [0.29, 0.717) is 41.0 Å². The van der Waals surface area contributed by atoms with E-state index in [2.05, 4.69) is 15.6 Å². The number of nitrogens with zero attached hydrogens (tertiary/aromatic N) is 2. The van der Waals surface area contributed by atoms with Gasteiger partial charge in [-0.1, -0.05) is 6.07 Å². The molecule has 0 radical (unpaired) electrons. The molecule has 0 unspecified atom stereocenters. The van der Waals surface area contributed by atoms with Crippen LogP contribution in [0.2, 0.25) is 0 Å². The largest absolute Gasteiger partial charge is 0.453 e. The van der Waals surface area contributed by atoms with Gasteiger partial charge >= 0.3 is 0 Å². The molecule has 2 aromatic heterocycles. The van der Waals surface area contributed by atoms with E-state index in [4.69, 9.17) is 13.6 Å². The first-order valence-corrected chi connectivity index (χ1v) is 11.4. The summed E-state index contributed by atoms with van der Waals surface area (Å²) in [6.45, 7) is 2.34. The molecule has 2 N–H and O–H groups in total. The first-order chi connectivity index (χ1) is 17.3. The minimum atomic E-state index is -0.355. The lowest BCUT2D eigenvalue weighted by Crippen LogP contribution is -2.23. The molecule has 0 saturated carbocycles. The number of hydrogen-bond acceptors (Lipinski definition) is 7. The topological polar surface area (TPSA) is 110 Å². The summed E-state index contributed by atoms with van der Waals surface area (Å²) in [7, 11) is 5.41. The highest BCUT2D eigenvalue weighted by Crippen LogP contribution is 2.24. The lowest BCUT2D eigenvalue weighted by molar-refractivity contribution is 0.0949. The molecule has 186 valence electrons. The van der Waals surface area contributed by atoms with Crippen LogP contribution in [0, 0.1) is 6.92 Å². The zero-order valence-electron chi connectivity index (χ0n) is 20.6. The molecule has 0 aliphatic carbocycles. The number of anilines is 2. The Morgan fingerprint density at radius 3 is 2.50 bits per heavy atom. The summed E-state index contributed by atoms with van der Waals surface area (Å²) < 4.78 is 16.3. The van der Waals surface area contributed by atoms with Crippen molar-refractivity contribution in [3.05, 3.63) is 89.2 Å². The van der Waals surface area contributed by atoms with Crippen molar-refractivity contribution < 1.29 is 23.2 Å². The molecule has 0 atom stereocenters. The summed E-state index contributed by atoms with van der Waals surface area (Å²) in [5.74, 6) is 1.29.